The monoisotopic (exact) mass is 361 g/mol. The molecule has 1 amide bonds. The lowest BCUT2D eigenvalue weighted by Gasteiger charge is -2.41. The largest absolute Gasteiger partial charge is 0.467 e. The molecule has 0 spiro atoms. The molecule has 6 nitrogen and oxygen atoms in total. The summed E-state index contributed by atoms with van der Waals surface area (Å²) in [6.07, 6.45) is 0.247. The molecule has 142 valence electrons. The molecule has 2 N–H and O–H groups in total. The average molecular weight is 362 g/mol. The zero-order valence-corrected chi connectivity index (χ0v) is 17.6. The van der Waals surface area contributed by atoms with Gasteiger partial charge in [-0.3, -0.25) is 4.90 Å². The zero-order valence-electron chi connectivity index (χ0n) is 16.6. The fourth-order valence-corrected chi connectivity index (χ4v) is 5.54. The summed E-state index contributed by atoms with van der Waals surface area (Å²) in [6.45, 7) is 17.5. The smallest absolute Gasteiger partial charge is 0.411 e. The van der Waals surface area contributed by atoms with E-state index in [0.29, 0.717) is 18.5 Å². The predicted octanol–water partition coefficient (Wildman–Crippen LogP) is 3.22. The van der Waals surface area contributed by atoms with Gasteiger partial charge in [0.05, 0.1) is 15.2 Å². The zero-order chi connectivity index (χ0) is 18.2. The molecule has 1 heterocycles. The van der Waals surface area contributed by atoms with Crippen LogP contribution in [0.5, 0.6) is 0 Å². The lowest BCUT2D eigenvalue weighted by Crippen LogP contribution is -2.45. The summed E-state index contributed by atoms with van der Waals surface area (Å²) in [6, 6.07) is -0.533. The number of likely N-dealkylation sites (tertiary alicyclic amines) is 1. The van der Waals surface area contributed by atoms with Crippen molar-refractivity contribution in [2.45, 2.75) is 83.3 Å². The molecule has 0 aliphatic carbocycles. The maximum absolute atomic E-state index is 12.5. The van der Waals surface area contributed by atoms with Gasteiger partial charge in [-0.2, -0.15) is 0 Å². The fraction of sp³-hybridized carbons (Fsp3) is 0.882. The number of hydrogen-bond acceptors (Lipinski definition) is 4. The van der Waals surface area contributed by atoms with Gasteiger partial charge < -0.3 is 14.9 Å². The fourth-order valence-electron chi connectivity index (χ4n) is 2.85. The number of amides is 1. The summed E-state index contributed by atoms with van der Waals surface area (Å²) in [4.78, 5) is 26.3. The molecule has 0 saturated carbocycles. The number of hydrogen-bond donors (Lipinski definition) is 0. The molecular weight excluding hydrogens is 326 g/mol. The van der Waals surface area contributed by atoms with Gasteiger partial charge in [-0.05, 0) is 37.8 Å². The van der Waals surface area contributed by atoms with E-state index in [-0.39, 0.29) is 16.5 Å². The number of nitrogens with zero attached hydrogens (tertiary/aromatic N) is 1. The Morgan fingerprint density at radius 2 is 1.58 bits per heavy atom. The van der Waals surface area contributed by atoms with Crippen LogP contribution in [0, 0.1) is 0 Å². The third-order valence-corrected chi connectivity index (χ3v) is 11.7. The van der Waals surface area contributed by atoms with Crippen molar-refractivity contribution in [3.63, 3.8) is 0 Å². The first-order chi connectivity index (χ1) is 10.2. The molecule has 1 fully saturated rings. The molecule has 0 radical (unpaired) electrons. The molecule has 24 heavy (non-hydrogen) atoms. The maximum atomic E-state index is 12.5. The normalized spacial score (nSPS) is 22.0. The number of ether oxygens (including phenoxy) is 2. The molecule has 7 heteroatoms. The van der Waals surface area contributed by atoms with Crippen molar-refractivity contribution in [3.8, 4) is 0 Å². The van der Waals surface area contributed by atoms with Gasteiger partial charge in [-0.1, -0.05) is 33.9 Å². The van der Waals surface area contributed by atoms with E-state index in [4.69, 9.17) is 9.47 Å². The summed E-state index contributed by atoms with van der Waals surface area (Å²) >= 11 is 0. The van der Waals surface area contributed by atoms with Crippen molar-refractivity contribution in [2.75, 3.05) is 13.7 Å². The summed E-state index contributed by atoms with van der Waals surface area (Å²) in [7, 11) is -0.306. The van der Waals surface area contributed by atoms with Crippen molar-refractivity contribution >= 4 is 20.1 Å². The van der Waals surface area contributed by atoms with Crippen molar-refractivity contribution in [2.24, 2.45) is 0 Å². The molecule has 1 rings (SSSR count). The van der Waals surface area contributed by atoms with Gasteiger partial charge in [0.15, 0.2) is 0 Å². The minimum atomic E-state index is -1.68. The number of carbonyl (C=O) groups is 2. The van der Waals surface area contributed by atoms with Crippen LogP contribution in [0.15, 0.2) is 0 Å². The predicted molar refractivity (Wildman–Crippen MR) is 97.9 cm³/mol. The van der Waals surface area contributed by atoms with Crippen LogP contribution >= 0.6 is 0 Å². The van der Waals surface area contributed by atoms with Crippen LogP contribution in [-0.2, 0) is 14.3 Å². The molecule has 2 atom stereocenters. The summed E-state index contributed by atoms with van der Waals surface area (Å²) in [5.41, 5.74) is -0.230. The number of methoxy groups -OCH3 is 1. The van der Waals surface area contributed by atoms with Crippen molar-refractivity contribution in [1.29, 1.82) is 0 Å². The lowest BCUT2D eigenvalue weighted by molar-refractivity contribution is -0.145. The van der Waals surface area contributed by atoms with E-state index in [1.807, 2.05) is 20.8 Å². The van der Waals surface area contributed by atoms with Gasteiger partial charge in [-0.25, -0.2) is 9.59 Å². The van der Waals surface area contributed by atoms with Gasteiger partial charge in [0.25, 0.3) is 0 Å². The van der Waals surface area contributed by atoms with E-state index < -0.39 is 25.8 Å². The average Bonchev–Trinajstić information content (AvgIpc) is 2.79. The second-order valence-corrected chi connectivity index (χ2v) is 14.8. The molecule has 1 aliphatic rings. The van der Waals surface area contributed by atoms with E-state index in [1.165, 1.54) is 7.11 Å². The Hall–Kier alpha value is -1.08. The number of rotatable bonds is 2. The van der Waals surface area contributed by atoms with Crippen LogP contribution in [0.25, 0.3) is 0 Å². The van der Waals surface area contributed by atoms with E-state index in [1.54, 1.807) is 4.90 Å². The Morgan fingerprint density at radius 1 is 1.08 bits per heavy atom. The molecular formula is C17H35NO5Si. The molecule has 0 bridgehead atoms. The van der Waals surface area contributed by atoms with Crippen LogP contribution in [-0.4, -0.2) is 55.8 Å². The molecule has 1 aliphatic heterocycles. The quantitative estimate of drug-likeness (QED) is 0.558. The summed E-state index contributed by atoms with van der Waals surface area (Å²) in [5.74, 6) is -0.350. The highest BCUT2D eigenvalue weighted by molar-refractivity contribution is 6.81. The number of carbonyl (C=O) groups excluding carboxylic acids is 2. The van der Waals surface area contributed by atoms with E-state index in [0.717, 1.165) is 0 Å². The minimum Gasteiger partial charge on any atom is -0.467 e. The highest BCUT2D eigenvalue weighted by Gasteiger charge is 2.51. The first-order valence-electron chi connectivity index (χ1n) is 8.28. The van der Waals surface area contributed by atoms with Crippen molar-refractivity contribution in [1.82, 2.24) is 4.90 Å². The second-order valence-electron chi connectivity index (χ2n) is 9.08. The first kappa shape index (κ1) is 22.9. The van der Waals surface area contributed by atoms with E-state index in [9.17, 15) is 9.59 Å². The van der Waals surface area contributed by atoms with Gasteiger partial charge >= 0.3 is 12.1 Å². The Bertz CT molecular complexity index is 465. The molecule has 0 aromatic heterocycles. The molecule has 0 aromatic rings. The van der Waals surface area contributed by atoms with Gasteiger partial charge in [0, 0.05) is 6.54 Å². The van der Waals surface area contributed by atoms with Crippen LogP contribution < -0.4 is 0 Å². The van der Waals surface area contributed by atoms with Gasteiger partial charge in [0.2, 0.25) is 0 Å². The summed E-state index contributed by atoms with van der Waals surface area (Å²) < 4.78 is 10.4. The van der Waals surface area contributed by atoms with E-state index >= 15 is 0 Å². The Labute approximate surface area is 147 Å². The Morgan fingerprint density at radius 3 is 1.96 bits per heavy atom. The van der Waals surface area contributed by atoms with Gasteiger partial charge in [0.1, 0.15) is 11.6 Å². The third kappa shape index (κ3) is 4.96. The molecule has 1 saturated heterocycles. The third-order valence-electron chi connectivity index (χ3n) is 5.36. The highest BCUT2D eigenvalue weighted by Crippen LogP contribution is 2.48. The number of esters is 1. The van der Waals surface area contributed by atoms with Crippen LogP contribution in [0.3, 0.4) is 0 Å². The summed E-state index contributed by atoms with van der Waals surface area (Å²) in [5, 5.41) is 0.197. The van der Waals surface area contributed by atoms with Crippen LogP contribution in [0.1, 0.15) is 48.0 Å². The molecule has 0 aromatic carbocycles. The SMILES string of the molecule is COC(=O)[C@@H]1C[C@@H]([Si](C)(C)C(C)(C)C)CN1C(=O)OC(C)(C)C.O. The topological polar surface area (TPSA) is 87.3 Å². The maximum Gasteiger partial charge on any atom is 0.411 e. The Balaban J connectivity index is 0.00000529. The van der Waals surface area contributed by atoms with E-state index in [2.05, 4.69) is 33.9 Å². The highest BCUT2D eigenvalue weighted by atomic mass is 28.3. The van der Waals surface area contributed by atoms with Gasteiger partial charge in [-0.15, -0.1) is 0 Å². The van der Waals surface area contributed by atoms with Crippen LogP contribution in [0.4, 0.5) is 4.79 Å². The lowest BCUT2D eigenvalue weighted by atomic mass is 10.2. The molecule has 0 unspecified atom stereocenters. The van der Waals surface area contributed by atoms with Crippen molar-refractivity contribution in [3.05, 3.63) is 0 Å². The second kappa shape index (κ2) is 7.43. The van der Waals surface area contributed by atoms with Crippen molar-refractivity contribution < 1.29 is 24.5 Å². The van der Waals surface area contributed by atoms with Crippen LogP contribution in [0.2, 0.25) is 23.7 Å². The first-order valence-corrected chi connectivity index (χ1v) is 11.4. The standard InChI is InChI=1S/C17H33NO4Si.H2O/c1-16(2,3)22-15(20)18-11-12(10-13(18)14(19)21-7)23(8,9)17(4,5)6;/h12-13H,10-11H2,1-9H3;1H2/t12-,13+;/m1./s1. The minimum absolute atomic E-state index is 0. The Kier molecular flexibility index (Phi) is 7.10.